The van der Waals surface area contributed by atoms with Gasteiger partial charge in [-0.25, -0.2) is 9.59 Å². The van der Waals surface area contributed by atoms with E-state index in [9.17, 15) is 9.59 Å². The maximum Gasteiger partial charge on any atom is 0.338 e. The Kier molecular flexibility index (Phi) is 3.86. The fraction of sp³-hybridized carbons (Fsp3) is 0.500. The van der Waals surface area contributed by atoms with Crippen molar-refractivity contribution in [1.29, 1.82) is 0 Å². The van der Waals surface area contributed by atoms with E-state index in [-0.39, 0.29) is 17.6 Å². The second-order valence-electron chi connectivity index (χ2n) is 4.46. The van der Waals surface area contributed by atoms with E-state index in [2.05, 4.69) is 17.6 Å². The lowest BCUT2D eigenvalue weighted by atomic mass is 10.2. The highest BCUT2D eigenvalue weighted by Crippen LogP contribution is 2.34. The quantitative estimate of drug-likeness (QED) is 0.768. The van der Waals surface area contributed by atoms with Crippen LogP contribution in [0.5, 0.6) is 0 Å². The molecular formula is C12H16N2O3S. The van der Waals surface area contributed by atoms with Gasteiger partial charge < -0.3 is 10.4 Å². The van der Waals surface area contributed by atoms with Crippen molar-refractivity contribution < 1.29 is 14.7 Å². The van der Waals surface area contributed by atoms with Crippen LogP contribution in [0, 0.1) is 5.92 Å². The third-order valence-corrected chi connectivity index (χ3v) is 3.85. The van der Waals surface area contributed by atoms with Gasteiger partial charge in [-0.15, -0.1) is 11.3 Å². The number of hydrogen-bond donors (Lipinski definition) is 3. The third kappa shape index (κ3) is 3.01. The molecule has 1 aliphatic carbocycles. The summed E-state index contributed by atoms with van der Waals surface area (Å²) in [6, 6.07) is 1.42. The van der Waals surface area contributed by atoms with Crippen molar-refractivity contribution >= 4 is 28.3 Å². The number of anilines is 1. The first-order valence-electron chi connectivity index (χ1n) is 6.00. The molecule has 0 aliphatic heterocycles. The molecule has 18 heavy (non-hydrogen) atoms. The lowest BCUT2D eigenvalue weighted by Gasteiger charge is -2.06. The first kappa shape index (κ1) is 12.9. The van der Waals surface area contributed by atoms with Crippen molar-refractivity contribution in [2.75, 3.05) is 5.32 Å². The molecule has 1 aliphatic rings. The molecule has 2 amide bonds. The highest BCUT2D eigenvalue weighted by atomic mass is 32.1. The number of thiophene rings is 1. The number of rotatable bonds is 5. The summed E-state index contributed by atoms with van der Waals surface area (Å²) in [4.78, 5) is 22.5. The molecule has 1 heterocycles. The SMILES string of the molecule is CCCC1CC1NC(=O)Nc1sccc1C(=O)O. The second kappa shape index (κ2) is 5.39. The molecule has 2 rings (SSSR count). The first-order chi connectivity index (χ1) is 8.61. The molecule has 3 N–H and O–H groups in total. The van der Waals surface area contributed by atoms with Crippen LogP contribution in [0.4, 0.5) is 9.80 Å². The Hall–Kier alpha value is -1.56. The normalized spacial score (nSPS) is 21.4. The van der Waals surface area contributed by atoms with Gasteiger partial charge >= 0.3 is 12.0 Å². The van der Waals surface area contributed by atoms with Gasteiger partial charge in [0, 0.05) is 6.04 Å². The van der Waals surface area contributed by atoms with E-state index in [0.29, 0.717) is 10.9 Å². The van der Waals surface area contributed by atoms with Crippen LogP contribution in [-0.4, -0.2) is 23.1 Å². The molecule has 0 aromatic carbocycles. The Bertz CT molecular complexity index is 458. The number of carbonyl (C=O) groups excluding carboxylic acids is 1. The van der Waals surface area contributed by atoms with Crippen LogP contribution in [-0.2, 0) is 0 Å². The van der Waals surface area contributed by atoms with Crippen LogP contribution in [0.2, 0.25) is 0 Å². The first-order valence-corrected chi connectivity index (χ1v) is 6.88. The zero-order valence-electron chi connectivity index (χ0n) is 10.1. The van der Waals surface area contributed by atoms with Crippen molar-refractivity contribution in [1.82, 2.24) is 5.32 Å². The van der Waals surface area contributed by atoms with Gasteiger partial charge in [-0.3, -0.25) is 5.32 Å². The molecule has 5 nitrogen and oxygen atoms in total. The summed E-state index contributed by atoms with van der Waals surface area (Å²) in [6.45, 7) is 2.13. The third-order valence-electron chi connectivity index (χ3n) is 3.02. The molecule has 0 saturated heterocycles. The zero-order valence-corrected chi connectivity index (χ0v) is 10.9. The number of carboxylic acid groups (broad SMARTS) is 1. The standard InChI is InChI=1S/C12H16N2O3S/c1-2-3-7-6-9(7)13-12(17)14-10-8(11(15)16)4-5-18-10/h4-5,7,9H,2-3,6H2,1H3,(H,15,16)(H2,13,14,17). The van der Waals surface area contributed by atoms with E-state index in [0.717, 1.165) is 19.3 Å². The van der Waals surface area contributed by atoms with Crippen LogP contribution < -0.4 is 10.6 Å². The van der Waals surface area contributed by atoms with E-state index in [1.807, 2.05) is 0 Å². The number of aromatic carboxylic acids is 1. The summed E-state index contributed by atoms with van der Waals surface area (Å²) >= 11 is 1.21. The highest BCUT2D eigenvalue weighted by Gasteiger charge is 2.37. The summed E-state index contributed by atoms with van der Waals surface area (Å²) in [5, 5.41) is 16.4. The van der Waals surface area contributed by atoms with Crippen LogP contribution in [0.1, 0.15) is 36.5 Å². The van der Waals surface area contributed by atoms with Gasteiger partial charge in [0.25, 0.3) is 0 Å². The fourth-order valence-corrected chi connectivity index (χ4v) is 2.77. The molecule has 0 radical (unpaired) electrons. The molecule has 1 aromatic rings. The number of amides is 2. The van der Waals surface area contributed by atoms with Gasteiger partial charge in [0.2, 0.25) is 0 Å². The van der Waals surface area contributed by atoms with Gasteiger partial charge in [0.1, 0.15) is 5.00 Å². The highest BCUT2D eigenvalue weighted by molar-refractivity contribution is 7.14. The average molecular weight is 268 g/mol. The van der Waals surface area contributed by atoms with E-state index in [1.165, 1.54) is 17.4 Å². The van der Waals surface area contributed by atoms with Crippen molar-refractivity contribution in [3.8, 4) is 0 Å². The van der Waals surface area contributed by atoms with Crippen molar-refractivity contribution in [3.63, 3.8) is 0 Å². The Morgan fingerprint density at radius 2 is 2.33 bits per heavy atom. The molecule has 0 spiro atoms. The molecule has 2 unspecified atom stereocenters. The van der Waals surface area contributed by atoms with Crippen molar-refractivity contribution in [2.24, 2.45) is 5.92 Å². The Labute approximate surface area is 109 Å². The monoisotopic (exact) mass is 268 g/mol. The number of carboxylic acids is 1. The lowest BCUT2D eigenvalue weighted by Crippen LogP contribution is -2.31. The Balaban J connectivity index is 1.84. The van der Waals surface area contributed by atoms with Gasteiger partial charge in [-0.1, -0.05) is 13.3 Å². The summed E-state index contributed by atoms with van der Waals surface area (Å²) < 4.78 is 0. The topological polar surface area (TPSA) is 78.4 Å². The number of urea groups is 1. The van der Waals surface area contributed by atoms with Gasteiger partial charge in [-0.2, -0.15) is 0 Å². The lowest BCUT2D eigenvalue weighted by molar-refractivity contribution is 0.0698. The minimum absolute atomic E-state index is 0.135. The molecule has 98 valence electrons. The molecule has 1 fully saturated rings. The van der Waals surface area contributed by atoms with E-state index in [4.69, 9.17) is 5.11 Å². The maximum absolute atomic E-state index is 11.7. The zero-order chi connectivity index (χ0) is 13.1. The predicted octanol–water partition coefficient (Wildman–Crippen LogP) is 2.76. The molecule has 2 atom stereocenters. The van der Waals surface area contributed by atoms with Crippen LogP contribution >= 0.6 is 11.3 Å². The smallest absolute Gasteiger partial charge is 0.338 e. The summed E-state index contributed by atoms with van der Waals surface area (Å²) in [5.74, 6) is -0.440. The molecular weight excluding hydrogens is 252 g/mol. The molecule has 1 saturated carbocycles. The fourth-order valence-electron chi connectivity index (χ4n) is 2.00. The van der Waals surface area contributed by atoms with Gasteiger partial charge in [0.15, 0.2) is 0 Å². The molecule has 1 aromatic heterocycles. The van der Waals surface area contributed by atoms with Gasteiger partial charge in [-0.05, 0) is 30.2 Å². The van der Waals surface area contributed by atoms with Crippen LogP contribution in [0.3, 0.4) is 0 Å². The summed E-state index contributed by atoms with van der Waals surface area (Å²) in [5.41, 5.74) is 0.135. The van der Waals surface area contributed by atoms with E-state index in [1.54, 1.807) is 5.38 Å². The number of hydrogen-bond acceptors (Lipinski definition) is 3. The predicted molar refractivity (Wildman–Crippen MR) is 70.2 cm³/mol. The Morgan fingerprint density at radius 1 is 1.56 bits per heavy atom. The number of nitrogens with one attached hydrogen (secondary N) is 2. The molecule has 6 heteroatoms. The van der Waals surface area contributed by atoms with Crippen molar-refractivity contribution in [2.45, 2.75) is 32.2 Å². The second-order valence-corrected chi connectivity index (χ2v) is 5.37. The van der Waals surface area contributed by atoms with Gasteiger partial charge in [0.05, 0.1) is 5.56 Å². The van der Waals surface area contributed by atoms with E-state index < -0.39 is 5.97 Å². The molecule has 0 bridgehead atoms. The minimum atomic E-state index is -1.03. The minimum Gasteiger partial charge on any atom is -0.478 e. The maximum atomic E-state index is 11.7. The van der Waals surface area contributed by atoms with Crippen LogP contribution in [0.15, 0.2) is 11.4 Å². The van der Waals surface area contributed by atoms with Crippen molar-refractivity contribution in [3.05, 3.63) is 17.0 Å². The largest absolute Gasteiger partial charge is 0.478 e. The average Bonchev–Trinajstić information content (AvgIpc) is 2.86. The Morgan fingerprint density at radius 3 is 3.00 bits per heavy atom. The summed E-state index contributed by atoms with van der Waals surface area (Å²) in [6.07, 6.45) is 3.28. The van der Waals surface area contributed by atoms with E-state index >= 15 is 0 Å². The van der Waals surface area contributed by atoms with Crippen LogP contribution in [0.25, 0.3) is 0 Å². The number of carbonyl (C=O) groups is 2. The summed E-state index contributed by atoms with van der Waals surface area (Å²) in [7, 11) is 0.